The van der Waals surface area contributed by atoms with Crippen molar-refractivity contribution in [3.8, 4) is 6.07 Å². The van der Waals surface area contributed by atoms with Crippen molar-refractivity contribution in [3.63, 3.8) is 0 Å². The standard InChI is InChI=1S/C13H12N4O3S2/c1-22(19,20)17-13-16-11(8-21-13)6-12(18)15-10-4-2-3-9(5-10)7-14/h2-5,8H,6H2,1H3,(H,15,18)(H,16,17). The monoisotopic (exact) mass is 336 g/mol. The Bertz CT molecular complexity index is 837. The van der Waals surface area contributed by atoms with Crippen molar-refractivity contribution in [3.05, 3.63) is 40.9 Å². The zero-order valence-electron chi connectivity index (χ0n) is 11.5. The highest BCUT2D eigenvalue weighted by Gasteiger charge is 2.10. The number of thiazole rings is 1. The number of nitrogens with zero attached hydrogens (tertiary/aromatic N) is 2. The quantitative estimate of drug-likeness (QED) is 0.860. The Morgan fingerprint density at radius 3 is 2.91 bits per heavy atom. The largest absolute Gasteiger partial charge is 0.326 e. The molecule has 2 aromatic rings. The molecule has 114 valence electrons. The van der Waals surface area contributed by atoms with E-state index in [1.165, 1.54) is 0 Å². The number of nitrogens with one attached hydrogen (secondary N) is 2. The lowest BCUT2D eigenvalue weighted by molar-refractivity contribution is -0.115. The van der Waals surface area contributed by atoms with Crippen LogP contribution in [0.2, 0.25) is 0 Å². The molecule has 1 amide bonds. The van der Waals surface area contributed by atoms with Crippen LogP contribution < -0.4 is 10.0 Å². The van der Waals surface area contributed by atoms with Crippen LogP contribution in [0, 0.1) is 11.3 Å². The first-order valence-corrected chi connectivity index (χ1v) is 8.85. The Morgan fingerprint density at radius 2 is 2.23 bits per heavy atom. The zero-order chi connectivity index (χ0) is 16.2. The molecule has 0 saturated carbocycles. The molecule has 2 rings (SSSR count). The number of carbonyl (C=O) groups excluding carboxylic acids is 1. The van der Waals surface area contributed by atoms with Gasteiger partial charge in [-0.05, 0) is 18.2 Å². The van der Waals surface area contributed by atoms with E-state index >= 15 is 0 Å². The Labute approximate surface area is 131 Å². The van der Waals surface area contributed by atoms with Crippen LogP contribution >= 0.6 is 11.3 Å². The molecule has 0 atom stereocenters. The summed E-state index contributed by atoms with van der Waals surface area (Å²) in [6.45, 7) is 0. The molecular weight excluding hydrogens is 324 g/mol. The molecule has 0 aliphatic carbocycles. The second-order valence-corrected chi connectivity index (χ2v) is 7.04. The molecule has 7 nitrogen and oxygen atoms in total. The van der Waals surface area contributed by atoms with Gasteiger partial charge in [0, 0.05) is 11.1 Å². The number of nitriles is 1. The van der Waals surface area contributed by atoms with Gasteiger partial charge in [0.2, 0.25) is 15.9 Å². The van der Waals surface area contributed by atoms with Gasteiger partial charge in [-0.25, -0.2) is 13.4 Å². The molecule has 2 N–H and O–H groups in total. The summed E-state index contributed by atoms with van der Waals surface area (Å²) in [5, 5.41) is 13.3. The summed E-state index contributed by atoms with van der Waals surface area (Å²) in [6, 6.07) is 8.54. The van der Waals surface area contributed by atoms with Gasteiger partial charge in [-0.2, -0.15) is 5.26 Å². The summed E-state index contributed by atoms with van der Waals surface area (Å²) in [7, 11) is -3.38. The highest BCUT2D eigenvalue weighted by Crippen LogP contribution is 2.17. The van der Waals surface area contributed by atoms with Crippen LogP contribution in [0.3, 0.4) is 0 Å². The first kappa shape index (κ1) is 15.9. The highest BCUT2D eigenvalue weighted by molar-refractivity contribution is 7.92. The predicted molar refractivity (Wildman–Crippen MR) is 84.1 cm³/mol. The van der Waals surface area contributed by atoms with E-state index in [1.807, 2.05) is 6.07 Å². The highest BCUT2D eigenvalue weighted by atomic mass is 32.2. The van der Waals surface area contributed by atoms with Gasteiger partial charge in [-0.1, -0.05) is 6.07 Å². The van der Waals surface area contributed by atoms with Crippen LogP contribution in [0.1, 0.15) is 11.3 Å². The van der Waals surface area contributed by atoms with Crippen LogP contribution in [0.25, 0.3) is 0 Å². The Morgan fingerprint density at radius 1 is 1.45 bits per heavy atom. The van der Waals surface area contributed by atoms with Crippen molar-refractivity contribution >= 4 is 38.1 Å². The van der Waals surface area contributed by atoms with Crippen molar-refractivity contribution < 1.29 is 13.2 Å². The van der Waals surface area contributed by atoms with Crippen molar-refractivity contribution in [2.75, 3.05) is 16.3 Å². The van der Waals surface area contributed by atoms with E-state index in [0.717, 1.165) is 17.6 Å². The third kappa shape index (κ3) is 4.83. The zero-order valence-corrected chi connectivity index (χ0v) is 13.2. The first-order valence-electron chi connectivity index (χ1n) is 6.08. The van der Waals surface area contributed by atoms with Crippen molar-refractivity contribution in [1.29, 1.82) is 5.26 Å². The number of hydrogen-bond donors (Lipinski definition) is 2. The minimum absolute atomic E-state index is 0.0126. The third-order valence-electron chi connectivity index (χ3n) is 2.44. The van der Waals surface area contributed by atoms with Crippen LogP contribution in [-0.4, -0.2) is 25.6 Å². The van der Waals surface area contributed by atoms with Gasteiger partial charge in [-0.15, -0.1) is 11.3 Å². The maximum absolute atomic E-state index is 11.9. The lowest BCUT2D eigenvalue weighted by Gasteiger charge is -2.04. The van der Waals surface area contributed by atoms with Crippen molar-refractivity contribution in [2.45, 2.75) is 6.42 Å². The number of anilines is 2. The van der Waals surface area contributed by atoms with E-state index in [0.29, 0.717) is 16.9 Å². The van der Waals surface area contributed by atoms with Crippen LogP contribution in [0.4, 0.5) is 10.8 Å². The van der Waals surface area contributed by atoms with E-state index in [1.54, 1.807) is 29.6 Å². The number of aromatic nitrogens is 1. The molecule has 22 heavy (non-hydrogen) atoms. The fourth-order valence-corrected chi connectivity index (χ4v) is 3.19. The molecule has 0 unspecified atom stereocenters. The minimum Gasteiger partial charge on any atom is -0.326 e. The van der Waals surface area contributed by atoms with Crippen molar-refractivity contribution in [2.24, 2.45) is 0 Å². The van der Waals surface area contributed by atoms with E-state index in [-0.39, 0.29) is 17.5 Å². The molecule has 1 aromatic carbocycles. The fraction of sp³-hybridized carbons (Fsp3) is 0.154. The van der Waals surface area contributed by atoms with Crippen LogP contribution in [0.5, 0.6) is 0 Å². The molecule has 0 spiro atoms. The molecule has 0 radical (unpaired) electrons. The molecule has 0 saturated heterocycles. The average molecular weight is 336 g/mol. The number of carbonyl (C=O) groups is 1. The van der Waals surface area contributed by atoms with Gasteiger partial charge in [0.1, 0.15) is 0 Å². The Hall–Kier alpha value is -2.44. The molecule has 0 aliphatic rings. The average Bonchev–Trinajstić information content (AvgIpc) is 2.83. The normalized spacial score (nSPS) is 10.7. The first-order chi connectivity index (χ1) is 10.4. The Balaban J connectivity index is 1.99. The Kier molecular flexibility index (Phi) is 4.75. The molecule has 9 heteroatoms. The molecule has 1 heterocycles. The van der Waals surface area contributed by atoms with Crippen LogP contribution in [-0.2, 0) is 21.2 Å². The number of rotatable bonds is 5. The number of sulfonamides is 1. The number of amides is 1. The molecule has 0 bridgehead atoms. The van der Waals surface area contributed by atoms with Gasteiger partial charge in [0.05, 0.1) is 30.0 Å². The lowest BCUT2D eigenvalue weighted by atomic mass is 10.2. The van der Waals surface area contributed by atoms with Crippen LogP contribution in [0.15, 0.2) is 29.6 Å². The van der Waals surface area contributed by atoms with E-state index in [4.69, 9.17) is 5.26 Å². The van der Waals surface area contributed by atoms with Gasteiger partial charge < -0.3 is 5.32 Å². The summed E-state index contributed by atoms with van der Waals surface area (Å²) in [6.07, 6.45) is 1.04. The molecule has 1 aromatic heterocycles. The van der Waals surface area contributed by atoms with Gasteiger partial charge in [-0.3, -0.25) is 9.52 Å². The summed E-state index contributed by atoms with van der Waals surface area (Å²) in [4.78, 5) is 15.9. The van der Waals surface area contributed by atoms with Crippen molar-refractivity contribution in [1.82, 2.24) is 4.98 Å². The third-order valence-corrected chi connectivity index (χ3v) is 3.94. The van der Waals surface area contributed by atoms with E-state index < -0.39 is 10.0 Å². The summed E-state index contributed by atoms with van der Waals surface area (Å²) >= 11 is 1.11. The topological polar surface area (TPSA) is 112 Å². The molecular formula is C13H12N4O3S2. The maximum Gasteiger partial charge on any atom is 0.231 e. The molecule has 0 fully saturated rings. The maximum atomic E-state index is 11.9. The summed E-state index contributed by atoms with van der Waals surface area (Å²) < 4.78 is 24.4. The fourth-order valence-electron chi connectivity index (χ4n) is 1.63. The van der Waals surface area contributed by atoms with E-state index in [9.17, 15) is 13.2 Å². The minimum atomic E-state index is -3.38. The summed E-state index contributed by atoms with van der Waals surface area (Å²) in [5.74, 6) is -0.300. The number of hydrogen-bond acceptors (Lipinski definition) is 6. The van der Waals surface area contributed by atoms with Gasteiger partial charge in [0.25, 0.3) is 0 Å². The second kappa shape index (κ2) is 6.55. The lowest BCUT2D eigenvalue weighted by Crippen LogP contribution is -2.15. The van der Waals surface area contributed by atoms with Gasteiger partial charge in [0.15, 0.2) is 5.13 Å². The smallest absolute Gasteiger partial charge is 0.231 e. The summed E-state index contributed by atoms with van der Waals surface area (Å²) in [5.41, 5.74) is 1.44. The second-order valence-electron chi connectivity index (χ2n) is 4.44. The van der Waals surface area contributed by atoms with E-state index in [2.05, 4.69) is 15.0 Å². The number of benzene rings is 1. The molecule has 0 aliphatic heterocycles. The van der Waals surface area contributed by atoms with Gasteiger partial charge >= 0.3 is 0 Å². The predicted octanol–water partition coefficient (Wildman–Crippen LogP) is 1.57. The SMILES string of the molecule is CS(=O)(=O)Nc1nc(CC(=O)Nc2cccc(C#N)c2)cs1.